The van der Waals surface area contributed by atoms with E-state index in [0.29, 0.717) is 15.8 Å². The molecule has 0 bridgehead atoms. The molecule has 0 fully saturated rings. The lowest BCUT2D eigenvalue weighted by Gasteiger charge is -2.27. The van der Waals surface area contributed by atoms with Gasteiger partial charge in [-0.25, -0.2) is 0 Å². The molecule has 1 amide bonds. The van der Waals surface area contributed by atoms with Gasteiger partial charge in [0.05, 0.1) is 32.9 Å². The number of nitrogens with zero attached hydrogens (tertiary/aromatic N) is 1. The van der Waals surface area contributed by atoms with Gasteiger partial charge in [0.15, 0.2) is 0 Å². The second-order valence-corrected chi connectivity index (χ2v) is 8.44. The summed E-state index contributed by atoms with van der Waals surface area (Å²) in [6.07, 6.45) is 0.704. The number of hydrogen-bond acceptors (Lipinski definition) is 4. The van der Waals surface area contributed by atoms with Gasteiger partial charge in [0.2, 0.25) is 0 Å². The average molecular weight is 434 g/mol. The van der Waals surface area contributed by atoms with Gasteiger partial charge in [-0.15, -0.1) is 11.3 Å². The van der Waals surface area contributed by atoms with Gasteiger partial charge in [0, 0.05) is 0 Å². The molecule has 5 nitrogen and oxygen atoms in total. The van der Waals surface area contributed by atoms with Crippen LogP contribution in [-0.2, 0) is 11.3 Å². The summed E-state index contributed by atoms with van der Waals surface area (Å²) in [6, 6.07) is 19.3. The number of carbonyl (C=O) groups is 1. The Morgan fingerprint density at radius 3 is 2.43 bits per heavy atom. The van der Waals surface area contributed by atoms with Crippen molar-refractivity contribution in [3.05, 3.63) is 82.2 Å². The predicted molar refractivity (Wildman–Crippen MR) is 114 cm³/mol. The fourth-order valence-electron chi connectivity index (χ4n) is 2.87. The molecule has 1 heterocycles. The molecule has 28 heavy (non-hydrogen) atoms. The molecule has 0 saturated heterocycles. The van der Waals surface area contributed by atoms with Gasteiger partial charge in [-0.3, -0.25) is 13.3 Å². The van der Waals surface area contributed by atoms with Gasteiger partial charge in [-0.2, -0.15) is 0 Å². The predicted octanol–water partition coefficient (Wildman–Crippen LogP) is 5.21. The third-order valence-electron chi connectivity index (χ3n) is 4.19. The minimum absolute atomic E-state index is 0.177. The number of halogens is 1. The molecular weight excluding hydrogens is 416 g/mol. The van der Waals surface area contributed by atoms with E-state index >= 15 is 0 Å². The number of amides is 1. The topological polar surface area (TPSA) is 72.5 Å². The van der Waals surface area contributed by atoms with E-state index in [4.69, 9.17) is 11.6 Å². The van der Waals surface area contributed by atoms with Crippen LogP contribution >= 0.6 is 22.9 Å². The van der Waals surface area contributed by atoms with Crippen molar-refractivity contribution in [3.8, 4) is 0 Å². The summed E-state index contributed by atoms with van der Waals surface area (Å²) in [7, 11) is 0. The van der Waals surface area contributed by atoms with Gasteiger partial charge in [-0.1, -0.05) is 61.0 Å². The summed E-state index contributed by atoms with van der Waals surface area (Å²) in [4.78, 5) is 13.0. The first-order chi connectivity index (χ1) is 13.5. The average Bonchev–Trinajstić information content (AvgIpc) is 3.12. The quantitative estimate of drug-likeness (QED) is 0.519. The normalized spacial score (nSPS) is 13.0. The van der Waals surface area contributed by atoms with Crippen molar-refractivity contribution in [2.75, 3.05) is 4.31 Å². The number of anilines is 2. The van der Waals surface area contributed by atoms with Gasteiger partial charge in [0.25, 0.3) is 5.91 Å². The van der Waals surface area contributed by atoms with Crippen LogP contribution in [0.1, 0.15) is 35.3 Å². The maximum Gasteiger partial charge on any atom is 0.253 e. The Hall–Kier alpha value is -2.19. The Morgan fingerprint density at radius 1 is 1.14 bits per heavy atom. The molecule has 3 aromatic rings. The Labute approximate surface area is 175 Å². The van der Waals surface area contributed by atoms with Crippen LogP contribution in [0.3, 0.4) is 0 Å². The van der Waals surface area contributed by atoms with Crippen molar-refractivity contribution < 1.29 is 13.6 Å². The maximum absolute atomic E-state index is 13.0. The molecule has 0 aliphatic heterocycles. The van der Waals surface area contributed by atoms with Crippen LogP contribution in [0.5, 0.6) is 0 Å². The fraction of sp³-hybridized carbons (Fsp3) is 0.150. The second-order valence-electron chi connectivity index (χ2n) is 5.95. The number of rotatable bonds is 7. The molecule has 8 heteroatoms. The summed E-state index contributed by atoms with van der Waals surface area (Å²) in [6.45, 7) is 1.98. The van der Waals surface area contributed by atoms with Gasteiger partial charge < -0.3 is 9.87 Å². The summed E-state index contributed by atoms with van der Waals surface area (Å²) < 4.78 is 25.4. The number of para-hydroxylation sites is 1. The van der Waals surface area contributed by atoms with Crippen molar-refractivity contribution >= 4 is 50.8 Å². The van der Waals surface area contributed by atoms with Crippen LogP contribution in [0.15, 0.2) is 66.7 Å². The zero-order valence-electron chi connectivity index (χ0n) is 15.0. The van der Waals surface area contributed by atoms with Crippen molar-refractivity contribution in [1.29, 1.82) is 0 Å². The number of benzene rings is 2. The van der Waals surface area contributed by atoms with Gasteiger partial charge >= 0.3 is 0 Å². The monoisotopic (exact) mass is 433 g/mol. The number of hydrogen-bond donors (Lipinski definition) is 1. The molecule has 0 saturated carbocycles. The molecule has 0 aliphatic carbocycles. The lowest BCUT2D eigenvalue weighted by Crippen LogP contribution is -2.30. The van der Waals surface area contributed by atoms with E-state index < -0.39 is 11.3 Å². The largest absolute Gasteiger partial charge is 0.755 e. The van der Waals surface area contributed by atoms with E-state index in [0.717, 1.165) is 21.2 Å². The molecule has 0 radical (unpaired) electrons. The van der Waals surface area contributed by atoms with E-state index in [1.165, 1.54) is 0 Å². The Balaban J connectivity index is 1.94. The van der Waals surface area contributed by atoms with Crippen LogP contribution in [0, 0.1) is 0 Å². The molecule has 0 spiro atoms. The van der Waals surface area contributed by atoms with Crippen molar-refractivity contribution in [3.63, 3.8) is 0 Å². The Morgan fingerprint density at radius 2 is 1.82 bits per heavy atom. The van der Waals surface area contributed by atoms with Crippen molar-refractivity contribution in [1.82, 2.24) is 5.32 Å². The number of carbonyl (C=O) groups excluding carboxylic acids is 1. The summed E-state index contributed by atoms with van der Waals surface area (Å²) in [5.41, 5.74) is 1.53. The molecule has 146 valence electrons. The first kappa shape index (κ1) is 20.5. The molecule has 2 aromatic carbocycles. The Bertz CT molecular complexity index is 978. The first-order valence-corrected chi connectivity index (χ1v) is 10.8. The maximum atomic E-state index is 13.0. The minimum atomic E-state index is -2.61. The highest BCUT2D eigenvalue weighted by atomic mass is 35.5. The molecule has 2 atom stereocenters. The molecule has 1 aromatic heterocycles. The third kappa shape index (κ3) is 4.62. The highest BCUT2D eigenvalue weighted by Crippen LogP contribution is 2.37. The standard InChI is InChI=1S/C20H19ClN2O3S2/c1-2-16(14-8-4-3-5-9-14)22-20(24)15-10-6-7-11-17(15)23(28(25)26)19-13-12-18(21)27-19/h3-13,16H,2H2,1H3,(H,22,24)(H,25,26)/p-1. The first-order valence-electron chi connectivity index (χ1n) is 8.61. The number of nitrogens with one attached hydrogen (secondary N) is 1. The molecule has 1 N–H and O–H groups in total. The SMILES string of the molecule is CCC(NC(=O)c1ccccc1N(c1ccc(Cl)s1)S(=O)[O-])c1ccccc1. The third-order valence-corrected chi connectivity index (χ3v) is 6.21. The second kappa shape index (κ2) is 9.34. The molecule has 2 unspecified atom stereocenters. The smallest absolute Gasteiger partial charge is 0.253 e. The van der Waals surface area contributed by atoms with E-state index in [-0.39, 0.29) is 23.2 Å². The lowest BCUT2D eigenvalue weighted by atomic mass is 10.0. The minimum Gasteiger partial charge on any atom is -0.755 e. The Kier molecular flexibility index (Phi) is 6.85. The van der Waals surface area contributed by atoms with E-state index in [1.807, 2.05) is 37.3 Å². The summed E-state index contributed by atoms with van der Waals surface area (Å²) in [5, 5.41) is 3.41. The zero-order chi connectivity index (χ0) is 20.1. The van der Waals surface area contributed by atoms with Crippen LogP contribution in [0.4, 0.5) is 10.7 Å². The molecule has 3 rings (SSSR count). The van der Waals surface area contributed by atoms with Crippen molar-refractivity contribution in [2.24, 2.45) is 0 Å². The highest BCUT2D eigenvalue weighted by Gasteiger charge is 2.22. The van der Waals surface area contributed by atoms with Crippen LogP contribution in [-0.4, -0.2) is 14.7 Å². The lowest BCUT2D eigenvalue weighted by molar-refractivity contribution is 0.0936. The van der Waals surface area contributed by atoms with Crippen LogP contribution in [0.25, 0.3) is 0 Å². The molecular formula is C20H18ClN2O3S2-. The van der Waals surface area contributed by atoms with Gasteiger partial charge in [-0.05, 0) is 36.2 Å². The van der Waals surface area contributed by atoms with Gasteiger partial charge in [0.1, 0.15) is 5.00 Å². The van der Waals surface area contributed by atoms with E-state index in [9.17, 15) is 13.6 Å². The van der Waals surface area contributed by atoms with E-state index in [2.05, 4.69) is 5.32 Å². The summed E-state index contributed by atoms with van der Waals surface area (Å²) in [5.74, 6) is -0.343. The number of thiophene rings is 1. The summed E-state index contributed by atoms with van der Waals surface area (Å²) >= 11 is 4.47. The highest BCUT2D eigenvalue weighted by molar-refractivity contribution is 7.81. The van der Waals surface area contributed by atoms with Crippen LogP contribution in [0.2, 0.25) is 4.34 Å². The molecule has 0 aliphatic rings. The van der Waals surface area contributed by atoms with Crippen LogP contribution < -0.4 is 9.62 Å². The fourth-order valence-corrected chi connectivity index (χ4v) is 4.65. The van der Waals surface area contributed by atoms with E-state index in [1.54, 1.807) is 36.4 Å². The van der Waals surface area contributed by atoms with Crippen molar-refractivity contribution in [2.45, 2.75) is 19.4 Å². The zero-order valence-corrected chi connectivity index (χ0v) is 17.4.